The van der Waals surface area contributed by atoms with Gasteiger partial charge >= 0.3 is 11.9 Å². The second-order valence-corrected chi connectivity index (χ2v) is 14.0. The van der Waals surface area contributed by atoms with Crippen molar-refractivity contribution < 1.29 is 53.5 Å². The number of aliphatic hydroxyl groups is 2. The molecule has 56 heavy (non-hydrogen) atoms. The van der Waals surface area contributed by atoms with Crippen LogP contribution in [-0.2, 0) is 42.0 Å². The van der Waals surface area contributed by atoms with Crippen molar-refractivity contribution in [2.24, 2.45) is 11.8 Å². The molecule has 3 rings (SSSR count). The summed E-state index contributed by atoms with van der Waals surface area (Å²) in [6.45, 7) is 1.64. The fraction of sp³-hybridized carbons (Fsp3) is 0.524. The third-order valence-electron chi connectivity index (χ3n) is 9.68. The number of amides is 1. The van der Waals surface area contributed by atoms with Crippen LogP contribution in [0.2, 0.25) is 0 Å². The molecule has 14 heteroatoms. The molecule has 0 radical (unpaired) electrons. The fourth-order valence-corrected chi connectivity index (χ4v) is 6.55. The van der Waals surface area contributed by atoms with Gasteiger partial charge in [0.25, 0.3) is 5.09 Å². The molecule has 2 aromatic carbocycles. The van der Waals surface area contributed by atoms with Crippen LogP contribution < -0.4 is 14.8 Å². The van der Waals surface area contributed by atoms with Crippen LogP contribution in [0.15, 0.2) is 60.7 Å². The van der Waals surface area contributed by atoms with Gasteiger partial charge in [0.05, 0.1) is 19.3 Å². The zero-order valence-electron chi connectivity index (χ0n) is 32.4. The molecule has 1 aliphatic rings. The molecule has 0 aromatic heterocycles. The largest absolute Gasteiger partial charge is 0.493 e. The van der Waals surface area contributed by atoms with Crippen LogP contribution in [0.3, 0.4) is 0 Å². The number of benzene rings is 2. The van der Waals surface area contributed by atoms with Gasteiger partial charge < -0.3 is 34.6 Å². The van der Waals surface area contributed by atoms with E-state index < -0.39 is 29.2 Å². The van der Waals surface area contributed by atoms with Crippen molar-refractivity contribution >= 4 is 29.7 Å². The monoisotopic (exact) mass is 780 g/mol. The number of hydrogen-bond acceptors (Lipinski definition) is 12. The van der Waals surface area contributed by atoms with E-state index in [1.54, 1.807) is 36.4 Å². The number of ether oxygens (including phenoxy) is 3. The molecule has 0 bridgehead atoms. The molecule has 4 atom stereocenters. The topological polar surface area (TPSA) is 201 Å². The quantitative estimate of drug-likeness (QED) is 0.0182. The lowest BCUT2D eigenvalue weighted by Crippen LogP contribution is -2.31. The van der Waals surface area contributed by atoms with Crippen LogP contribution in [-0.4, -0.2) is 64.8 Å². The molecule has 1 fully saturated rings. The molecule has 2 aromatic rings. The van der Waals surface area contributed by atoms with Gasteiger partial charge in [-0.15, -0.1) is 10.1 Å². The number of carbonyl (C=O) groups is 4. The van der Waals surface area contributed by atoms with Crippen molar-refractivity contribution in [1.82, 2.24) is 5.32 Å². The number of allylic oxidation sites excluding steroid dienone is 2. The third-order valence-corrected chi connectivity index (χ3v) is 9.68. The van der Waals surface area contributed by atoms with Gasteiger partial charge in [0.2, 0.25) is 5.91 Å². The number of ketones is 1. The number of aliphatic hydroxyl groups excluding tert-OH is 2. The number of hydrogen-bond donors (Lipinski definition) is 3. The molecule has 0 heterocycles. The molecule has 1 aliphatic carbocycles. The zero-order chi connectivity index (χ0) is 40.7. The number of methoxy groups -OCH3 is 1. The number of nitrogens with one attached hydrogen (secondary N) is 1. The van der Waals surface area contributed by atoms with Crippen LogP contribution in [0, 0.1) is 22.0 Å². The first-order valence-corrected chi connectivity index (χ1v) is 19.4. The van der Waals surface area contributed by atoms with E-state index in [-0.39, 0.29) is 61.2 Å². The molecule has 1 saturated carbocycles. The van der Waals surface area contributed by atoms with Crippen LogP contribution in [0.1, 0.15) is 107 Å². The van der Waals surface area contributed by atoms with E-state index in [0.29, 0.717) is 61.6 Å². The molecular formula is C42H56N2O12. The first kappa shape index (κ1) is 45.3. The number of esters is 2. The van der Waals surface area contributed by atoms with Gasteiger partial charge in [-0.3, -0.25) is 9.59 Å². The van der Waals surface area contributed by atoms with Crippen LogP contribution >= 0.6 is 0 Å². The van der Waals surface area contributed by atoms with E-state index in [0.717, 1.165) is 19.3 Å². The Kier molecular flexibility index (Phi) is 20.4. The van der Waals surface area contributed by atoms with Crippen molar-refractivity contribution in [3.8, 4) is 11.5 Å². The molecule has 0 saturated heterocycles. The normalized spacial score (nSPS) is 17.9. The number of carbonyl (C=O) groups excluding carboxylic acids is 4. The first-order chi connectivity index (χ1) is 27.0. The van der Waals surface area contributed by atoms with E-state index >= 15 is 0 Å². The fourth-order valence-electron chi connectivity index (χ4n) is 6.55. The summed E-state index contributed by atoms with van der Waals surface area (Å²) in [5.74, 6) is -1.24. The Balaban J connectivity index is 1.33. The van der Waals surface area contributed by atoms with Gasteiger partial charge in [-0.25, -0.2) is 9.59 Å². The number of unbranched alkanes of at least 4 members (excludes halogenated alkanes) is 5. The van der Waals surface area contributed by atoms with E-state index in [9.17, 15) is 39.5 Å². The molecule has 14 nitrogen and oxygen atoms in total. The summed E-state index contributed by atoms with van der Waals surface area (Å²) >= 11 is 0. The molecular weight excluding hydrogens is 724 g/mol. The highest BCUT2D eigenvalue weighted by Crippen LogP contribution is 2.38. The van der Waals surface area contributed by atoms with Crippen LogP contribution in [0.5, 0.6) is 11.5 Å². The maximum Gasteiger partial charge on any atom is 0.331 e. The van der Waals surface area contributed by atoms with Crippen molar-refractivity contribution in [3.63, 3.8) is 0 Å². The van der Waals surface area contributed by atoms with Gasteiger partial charge in [-0.05, 0) is 85.3 Å². The first-order valence-electron chi connectivity index (χ1n) is 19.4. The van der Waals surface area contributed by atoms with Gasteiger partial charge in [0, 0.05) is 25.3 Å². The Labute approximate surface area is 328 Å². The Bertz CT molecular complexity index is 1620. The van der Waals surface area contributed by atoms with Gasteiger partial charge in [-0.2, -0.15) is 0 Å². The predicted octanol–water partition coefficient (Wildman–Crippen LogP) is 6.37. The molecule has 3 N–H and O–H groups in total. The number of Topliss-reactive ketones (excluding diaryl/α,β-unsaturated/α-hetero) is 1. The van der Waals surface area contributed by atoms with Crippen molar-refractivity contribution in [3.05, 3.63) is 87.5 Å². The highest BCUT2D eigenvalue weighted by atomic mass is 16.9. The van der Waals surface area contributed by atoms with E-state index in [4.69, 9.17) is 14.2 Å². The van der Waals surface area contributed by atoms with Crippen LogP contribution in [0.4, 0.5) is 0 Å². The highest BCUT2D eigenvalue weighted by molar-refractivity contribution is 5.87. The second-order valence-electron chi connectivity index (χ2n) is 14.0. The summed E-state index contributed by atoms with van der Waals surface area (Å²) < 4.78 is 16.0. The maximum atomic E-state index is 12.5. The molecule has 306 valence electrons. The number of nitrogens with zero attached hydrogens (tertiary/aromatic N) is 1. The van der Waals surface area contributed by atoms with Crippen molar-refractivity contribution in [1.29, 1.82) is 0 Å². The Morgan fingerprint density at radius 2 is 1.59 bits per heavy atom. The Morgan fingerprint density at radius 1 is 0.875 bits per heavy atom. The molecule has 0 aliphatic heterocycles. The lowest BCUT2D eigenvalue weighted by Gasteiger charge is -2.22. The Morgan fingerprint density at radius 3 is 2.30 bits per heavy atom. The highest BCUT2D eigenvalue weighted by Gasteiger charge is 2.40. The smallest absolute Gasteiger partial charge is 0.331 e. The second kappa shape index (κ2) is 25.2. The Hall–Kier alpha value is -5.08. The average Bonchev–Trinajstić information content (AvgIpc) is 3.46. The molecule has 0 unspecified atom stereocenters. The third kappa shape index (κ3) is 17.2. The van der Waals surface area contributed by atoms with Gasteiger partial charge in [-0.1, -0.05) is 75.1 Å². The van der Waals surface area contributed by atoms with Gasteiger partial charge in [0.1, 0.15) is 25.5 Å². The summed E-state index contributed by atoms with van der Waals surface area (Å²) in [4.78, 5) is 64.1. The lowest BCUT2D eigenvalue weighted by molar-refractivity contribution is -0.763. The van der Waals surface area contributed by atoms with E-state index in [2.05, 4.69) is 17.1 Å². The van der Waals surface area contributed by atoms with E-state index in [1.807, 2.05) is 12.2 Å². The van der Waals surface area contributed by atoms with E-state index in [1.165, 1.54) is 38.2 Å². The van der Waals surface area contributed by atoms with Gasteiger partial charge in [0.15, 0.2) is 11.5 Å². The minimum atomic E-state index is -0.871. The van der Waals surface area contributed by atoms with Crippen molar-refractivity contribution in [2.75, 3.05) is 13.7 Å². The minimum absolute atomic E-state index is 0.00464. The molecule has 0 spiro atoms. The maximum absolute atomic E-state index is 12.5. The van der Waals surface area contributed by atoms with Crippen LogP contribution in [0.25, 0.3) is 6.08 Å². The average molecular weight is 781 g/mol. The molecule has 1 amide bonds. The van der Waals surface area contributed by atoms with Crippen molar-refractivity contribution in [2.45, 2.75) is 116 Å². The predicted molar refractivity (Wildman–Crippen MR) is 208 cm³/mol. The summed E-state index contributed by atoms with van der Waals surface area (Å²) in [7, 11) is 1.40. The zero-order valence-corrected chi connectivity index (χ0v) is 32.4. The minimum Gasteiger partial charge on any atom is -0.493 e. The summed E-state index contributed by atoms with van der Waals surface area (Å²) in [5.41, 5.74) is 1.86. The number of rotatable bonds is 26. The standard InChI is InChI=1S/C42H56N2O12/c1-3-4-5-6-9-12-33(45)21-22-35-34(36(46)26-37(35)47)13-10-7-8-11-14-40(48)43-27-42(50)56-38-23-19-30(25-39(38)53-2)20-24-41(49)54-28-31-15-17-32(18-16-31)29-55-44(51)52/h7,10,15-20,23-25,34-37,46-47H,3-6,8-9,11-14,21-22,26-29H2,1-2H3,(H,43,48)/t34-,35-,36+,37-/m1/s1. The summed E-state index contributed by atoms with van der Waals surface area (Å²) in [6.07, 6.45) is 14.8. The summed E-state index contributed by atoms with van der Waals surface area (Å²) in [6, 6.07) is 11.3. The lowest BCUT2D eigenvalue weighted by atomic mass is 9.86. The SMILES string of the molecule is CCCCCCCC(=O)CC[C@@H]1[C@@H](CC=CCCCC(=O)NCC(=O)Oc2ccc(C=CC(=O)OCc3ccc(CO[N+](=O)[O-])cc3)cc2OC)[C@@H](O)C[C@H]1O. The summed E-state index contributed by atoms with van der Waals surface area (Å²) in [5, 5.41) is 33.1.